The van der Waals surface area contributed by atoms with Gasteiger partial charge >= 0.3 is 0 Å². The molecule has 0 bridgehead atoms. The molecule has 0 amide bonds. The summed E-state index contributed by atoms with van der Waals surface area (Å²) < 4.78 is 19.6. The molecule has 0 N–H and O–H groups in total. The van der Waals surface area contributed by atoms with Crippen molar-refractivity contribution in [3.05, 3.63) is 23.5 Å². The quantitative estimate of drug-likeness (QED) is 0.735. The number of benzene rings is 1. The summed E-state index contributed by atoms with van der Waals surface area (Å²) in [5.74, 6) is 0.831. The minimum absolute atomic E-state index is 0.199. The first kappa shape index (κ1) is 12.7. The molecule has 2 rings (SSSR count). The van der Waals surface area contributed by atoms with Gasteiger partial charge in [0.25, 0.3) is 0 Å². The minimum Gasteiger partial charge on any atom is -0.490 e. The molecule has 0 aromatic heterocycles. The van der Waals surface area contributed by atoms with Crippen LogP contribution >= 0.6 is 11.8 Å². The molecule has 1 saturated carbocycles. The number of ether oxygens (including phenoxy) is 1. The first-order valence-corrected chi connectivity index (χ1v) is 7.40. The Balaban J connectivity index is 2.03. The van der Waals surface area contributed by atoms with Gasteiger partial charge in [0.15, 0.2) is 11.6 Å². The number of rotatable bonds is 4. The molecule has 17 heavy (non-hydrogen) atoms. The van der Waals surface area contributed by atoms with Crippen molar-refractivity contribution in [1.82, 2.24) is 0 Å². The largest absolute Gasteiger partial charge is 0.490 e. The molecule has 1 nitrogen and oxygen atoms in total. The van der Waals surface area contributed by atoms with Crippen LogP contribution in [0.2, 0.25) is 0 Å². The summed E-state index contributed by atoms with van der Waals surface area (Å²) in [6, 6.07) is 3.69. The zero-order valence-corrected chi connectivity index (χ0v) is 11.3. The van der Waals surface area contributed by atoms with Crippen LogP contribution < -0.4 is 4.74 Å². The lowest BCUT2D eigenvalue weighted by molar-refractivity contribution is 0.241. The molecule has 0 atom stereocenters. The predicted octanol–water partition coefficient (Wildman–Crippen LogP) is 4.43. The Bertz CT molecular complexity index is 386. The maximum absolute atomic E-state index is 14.0. The third-order valence-corrected chi connectivity index (χ3v) is 4.35. The van der Waals surface area contributed by atoms with E-state index in [1.807, 2.05) is 19.2 Å². The van der Waals surface area contributed by atoms with E-state index < -0.39 is 0 Å². The number of hydrogen-bond donors (Lipinski definition) is 0. The highest BCUT2D eigenvalue weighted by Crippen LogP contribution is 2.30. The monoisotopic (exact) mass is 254 g/mol. The van der Waals surface area contributed by atoms with Gasteiger partial charge in [-0.2, -0.15) is 0 Å². The van der Waals surface area contributed by atoms with Crippen LogP contribution in [-0.2, 0) is 0 Å². The molecule has 1 aromatic carbocycles. The number of halogens is 1. The standard InChI is InChI=1S/C14H19FOS/c1-10-13(17-2)8-7-12(14(10)15)16-9-11-5-3-4-6-11/h7-8,11H,3-6,9H2,1-2H3. The van der Waals surface area contributed by atoms with Crippen molar-refractivity contribution in [2.75, 3.05) is 12.9 Å². The van der Waals surface area contributed by atoms with Gasteiger partial charge in [0, 0.05) is 10.5 Å². The highest BCUT2D eigenvalue weighted by Gasteiger charge is 2.17. The molecule has 94 valence electrons. The lowest BCUT2D eigenvalue weighted by atomic mass is 10.1. The maximum atomic E-state index is 14.0. The van der Waals surface area contributed by atoms with Crippen molar-refractivity contribution < 1.29 is 9.13 Å². The van der Waals surface area contributed by atoms with E-state index in [1.165, 1.54) is 25.7 Å². The van der Waals surface area contributed by atoms with Gasteiger partial charge in [-0.05, 0) is 44.1 Å². The highest BCUT2D eigenvalue weighted by molar-refractivity contribution is 7.98. The Morgan fingerprint density at radius 3 is 2.71 bits per heavy atom. The summed E-state index contributed by atoms with van der Waals surface area (Å²) >= 11 is 1.57. The van der Waals surface area contributed by atoms with E-state index in [4.69, 9.17) is 4.74 Å². The molecular formula is C14H19FOS. The normalized spacial score (nSPS) is 16.4. The van der Waals surface area contributed by atoms with Gasteiger partial charge in [-0.15, -0.1) is 11.8 Å². The van der Waals surface area contributed by atoms with Gasteiger partial charge in [-0.1, -0.05) is 12.8 Å². The fraction of sp³-hybridized carbons (Fsp3) is 0.571. The first-order valence-electron chi connectivity index (χ1n) is 6.18. The van der Waals surface area contributed by atoms with Crippen molar-refractivity contribution in [3.8, 4) is 5.75 Å². The topological polar surface area (TPSA) is 9.23 Å². The highest BCUT2D eigenvalue weighted by atomic mass is 32.2. The molecule has 1 aromatic rings. The molecule has 3 heteroatoms. The summed E-state index contributed by atoms with van der Waals surface area (Å²) in [6.07, 6.45) is 7.00. The van der Waals surface area contributed by atoms with Crippen LogP contribution in [0.3, 0.4) is 0 Å². The fourth-order valence-corrected chi connectivity index (χ4v) is 2.96. The second-order valence-electron chi connectivity index (χ2n) is 4.67. The van der Waals surface area contributed by atoms with Crippen LogP contribution in [-0.4, -0.2) is 12.9 Å². The van der Waals surface area contributed by atoms with Crippen LogP contribution in [0.4, 0.5) is 4.39 Å². The lowest BCUT2D eigenvalue weighted by Crippen LogP contribution is -2.09. The molecule has 0 radical (unpaired) electrons. The Labute approximate surface area is 107 Å². The van der Waals surface area contributed by atoms with Crippen LogP contribution in [0.15, 0.2) is 17.0 Å². The average molecular weight is 254 g/mol. The minimum atomic E-state index is -0.199. The number of thioether (sulfide) groups is 1. The maximum Gasteiger partial charge on any atom is 0.169 e. The van der Waals surface area contributed by atoms with Crippen LogP contribution in [0.5, 0.6) is 5.75 Å². The zero-order chi connectivity index (χ0) is 12.3. The third-order valence-electron chi connectivity index (χ3n) is 3.47. The van der Waals surface area contributed by atoms with Gasteiger partial charge in [0.05, 0.1) is 6.61 Å². The predicted molar refractivity (Wildman–Crippen MR) is 70.4 cm³/mol. The second-order valence-corrected chi connectivity index (χ2v) is 5.51. The Hall–Kier alpha value is -0.700. The van der Waals surface area contributed by atoms with E-state index in [-0.39, 0.29) is 5.82 Å². The SMILES string of the molecule is CSc1ccc(OCC2CCCC2)c(F)c1C. The smallest absolute Gasteiger partial charge is 0.169 e. The van der Waals surface area contributed by atoms with E-state index >= 15 is 0 Å². The second kappa shape index (κ2) is 5.76. The molecule has 1 fully saturated rings. The Kier molecular flexibility index (Phi) is 4.32. The molecule has 1 aliphatic carbocycles. The molecule has 0 spiro atoms. The van der Waals surface area contributed by atoms with Crippen molar-refractivity contribution in [3.63, 3.8) is 0 Å². The summed E-state index contributed by atoms with van der Waals surface area (Å²) in [5.41, 5.74) is 0.696. The molecule has 1 aliphatic rings. The summed E-state index contributed by atoms with van der Waals surface area (Å²) in [7, 11) is 0. The van der Waals surface area contributed by atoms with Crippen molar-refractivity contribution >= 4 is 11.8 Å². The lowest BCUT2D eigenvalue weighted by Gasteiger charge is -2.14. The van der Waals surface area contributed by atoms with E-state index in [2.05, 4.69) is 0 Å². The van der Waals surface area contributed by atoms with Gasteiger partial charge in [0.2, 0.25) is 0 Å². The van der Waals surface area contributed by atoms with Gasteiger partial charge in [0.1, 0.15) is 0 Å². The van der Waals surface area contributed by atoms with Crippen molar-refractivity contribution in [2.45, 2.75) is 37.5 Å². The molecular weight excluding hydrogens is 235 g/mol. The van der Waals surface area contributed by atoms with E-state index in [1.54, 1.807) is 17.8 Å². The summed E-state index contributed by atoms with van der Waals surface area (Å²) in [5, 5.41) is 0. The van der Waals surface area contributed by atoms with E-state index in [9.17, 15) is 4.39 Å². The Morgan fingerprint density at radius 2 is 2.06 bits per heavy atom. The molecule has 0 aliphatic heterocycles. The van der Waals surface area contributed by atoms with Gasteiger partial charge in [-0.3, -0.25) is 0 Å². The third kappa shape index (κ3) is 2.95. The van der Waals surface area contributed by atoms with Gasteiger partial charge < -0.3 is 4.74 Å². The number of hydrogen-bond acceptors (Lipinski definition) is 2. The molecule has 0 unspecified atom stereocenters. The van der Waals surface area contributed by atoms with E-state index in [0.29, 0.717) is 23.8 Å². The Morgan fingerprint density at radius 1 is 1.35 bits per heavy atom. The fourth-order valence-electron chi connectivity index (χ4n) is 2.36. The van der Waals surface area contributed by atoms with Gasteiger partial charge in [-0.25, -0.2) is 4.39 Å². The molecule has 0 saturated heterocycles. The first-order chi connectivity index (χ1) is 8.22. The zero-order valence-electron chi connectivity index (χ0n) is 10.5. The summed E-state index contributed by atoms with van der Waals surface area (Å²) in [4.78, 5) is 0.982. The van der Waals surface area contributed by atoms with Crippen LogP contribution in [0.25, 0.3) is 0 Å². The van der Waals surface area contributed by atoms with Crippen LogP contribution in [0.1, 0.15) is 31.2 Å². The van der Waals surface area contributed by atoms with Crippen LogP contribution in [0, 0.1) is 18.7 Å². The van der Waals surface area contributed by atoms with Crippen molar-refractivity contribution in [1.29, 1.82) is 0 Å². The van der Waals surface area contributed by atoms with E-state index in [0.717, 1.165) is 4.90 Å². The average Bonchev–Trinajstić information content (AvgIpc) is 2.84. The summed E-state index contributed by atoms with van der Waals surface area (Å²) in [6.45, 7) is 2.47. The van der Waals surface area contributed by atoms with Crippen molar-refractivity contribution in [2.24, 2.45) is 5.92 Å². The molecule has 0 heterocycles.